The Morgan fingerprint density at radius 2 is 2.15 bits per heavy atom. The maximum absolute atomic E-state index is 3.58. The molecular formula is C11H22N2. The van der Waals surface area contributed by atoms with Crippen LogP contribution in [0.15, 0.2) is 0 Å². The molecule has 76 valence electrons. The van der Waals surface area contributed by atoms with Gasteiger partial charge in [0.05, 0.1) is 0 Å². The second-order valence-electron chi connectivity index (χ2n) is 4.65. The van der Waals surface area contributed by atoms with Crippen LogP contribution in [0.3, 0.4) is 0 Å². The van der Waals surface area contributed by atoms with Gasteiger partial charge in [-0.15, -0.1) is 0 Å². The molecule has 2 heteroatoms. The third-order valence-electron chi connectivity index (χ3n) is 3.40. The second-order valence-corrected chi connectivity index (χ2v) is 4.65. The van der Waals surface area contributed by atoms with Crippen LogP contribution in [0.1, 0.15) is 38.5 Å². The number of nitrogens with one attached hydrogen (secondary N) is 1. The highest BCUT2D eigenvalue weighted by Gasteiger charge is 2.22. The molecule has 1 N–H and O–H groups in total. The zero-order chi connectivity index (χ0) is 9.10. The Balaban J connectivity index is 1.51. The quantitative estimate of drug-likeness (QED) is 0.650. The van der Waals surface area contributed by atoms with Crippen molar-refractivity contribution in [3.8, 4) is 0 Å². The SMILES string of the molecule is CN1CCC[C@@H]1CCCNC1CC1. The molecule has 0 unspecified atom stereocenters. The lowest BCUT2D eigenvalue weighted by molar-refractivity contribution is 0.291. The Morgan fingerprint density at radius 1 is 1.31 bits per heavy atom. The van der Waals surface area contributed by atoms with Crippen molar-refractivity contribution in [3.05, 3.63) is 0 Å². The van der Waals surface area contributed by atoms with Crippen LogP contribution >= 0.6 is 0 Å². The fraction of sp³-hybridized carbons (Fsp3) is 1.00. The highest BCUT2D eigenvalue weighted by molar-refractivity contribution is 4.81. The minimum Gasteiger partial charge on any atom is -0.314 e. The normalized spacial score (nSPS) is 29.8. The summed E-state index contributed by atoms with van der Waals surface area (Å²) < 4.78 is 0. The molecule has 1 heterocycles. The van der Waals surface area contributed by atoms with Gasteiger partial charge in [-0.05, 0) is 58.7 Å². The summed E-state index contributed by atoms with van der Waals surface area (Å²) in [4.78, 5) is 2.52. The molecule has 0 aromatic carbocycles. The van der Waals surface area contributed by atoms with Crippen LogP contribution in [0.2, 0.25) is 0 Å². The van der Waals surface area contributed by atoms with E-state index in [9.17, 15) is 0 Å². The molecule has 13 heavy (non-hydrogen) atoms. The van der Waals surface area contributed by atoms with Crippen LogP contribution < -0.4 is 5.32 Å². The van der Waals surface area contributed by atoms with Gasteiger partial charge < -0.3 is 10.2 Å². The molecule has 1 aliphatic heterocycles. The lowest BCUT2D eigenvalue weighted by atomic mass is 10.1. The number of hydrogen-bond donors (Lipinski definition) is 1. The summed E-state index contributed by atoms with van der Waals surface area (Å²) in [6.45, 7) is 2.57. The van der Waals surface area contributed by atoms with Crippen LogP contribution in [0.5, 0.6) is 0 Å². The largest absolute Gasteiger partial charge is 0.314 e. The van der Waals surface area contributed by atoms with E-state index in [1.165, 1.54) is 51.6 Å². The van der Waals surface area contributed by atoms with Gasteiger partial charge in [0.2, 0.25) is 0 Å². The first-order valence-electron chi connectivity index (χ1n) is 5.80. The van der Waals surface area contributed by atoms with Gasteiger partial charge in [0.1, 0.15) is 0 Å². The van der Waals surface area contributed by atoms with Crippen LogP contribution in [0, 0.1) is 0 Å². The van der Waals surface area contributed by atoms with E-state index >= 15 is 0 Å². The molecule has 2 fully saturated rings. The van der Waals surface area contributed by atoms with Crippen molar-refractivity contribution < 1.29 is 0 Å². The molecule has 0 bridgehead atoms. The van der Waals surface area contributed by atoms with E-state index in [1.54, 1.807) is 0 Å². The summed E-state index contributed by atoms with van der Waals surface area (Å²) in [6.07, 6.45) is 8.45. The zero-order valence-electron chi connectivity index (χ0n) is 8.76. The maximum atomic E-state index is 3.58. The van der Waals surface area contributed by atoms with Crippen LogP contribution in [0.4, 0.5) is 0 Å². The second kappa shape index (κ2) is 4.43. The first-order chi connectivity index (χ1) is 6.36. The van der Waals surface area contributed by atoms with Gasteiger partial charge in [0, 0.05) is 12.1 Å². The summed E-state index contributed by atoms with van der Waals surface area (Å²) in [5.41, 5.74) is 0. The van der Waals surface area contributed by atoms with E-state index in [4.69, 9.17) is 0 Å². The van der Waals surface area contributed by atoms with Crippen molar-refractivity contribution in [2.24, 2.45) is 0 Å². The van der Waals surface area contributed by atoms with Crippen LogP contribution in [-0.2, 0) is 0 Å². The van der Waals surface area contributed by atoms with Gasteiger partial charge in [-0.1, -0.05) is 0 Å². The Kier molecular flexibility index (Phi) is 3.23. The van der Waals surface area contributed by atoms with Gasteiger partial charge in [0.15, 0.2) is 0 Å². The van der Waals surface area contributed by atoms with Gasteiger partial charge in [-0.3, -0.25) is 0 Å². The van der Waals surface area contributed by atoms with E-state index in [0.29, 0.717) is 0 Å². The minimum atomic E-state index is 0.890. The molecule has 0 aromatic rings. The average Bonchev–Trinajstić information content (AvgIpc) is 2.86. The highest BCUT2D eigenvalue weighted by atomic mass is 15.1. The average molecular weight is 182 g/mol. The van der Waals surface area contributed by atoms with E-state index in [-0.39, 0.29) is 0 Å². The third-order valence-corrected chi connectivity index (χ3v) is 3.40. The summed E-state index contributed by atoms with van der Waals surface area (Å²) >= 11 is 0. The topological polar surface area (TPSA) is 15.3 Å². The first-order valence-corrected chi connectivity index (χ1v) is 5.80. The molecule has 2 nitrogen and oxygen atoms in total. The molecule has 0 amide bonds. The van der Waals surface area contributed by atoms with Crippen LogP contribution in [0.25, 0.3) is 0 Å². The fourth-order valence-electron chi connectivity index (χ4n) is 2.28. The number of hydrogen-bond acceptors (Lipinski definition) is 2. The molecule has 2 rings (SSSR count). The maximum Gasteiger partial charge on any atom is 0.00931 e. The Bertz CT molecular complexity index is 154. The summed E-state index contributed by atoms with van der Waals surface area (Å²) in [5.74, 6) is 0. The number of rotatable bonds is 5. The molecule has 0 aromatic heterocycles. The molecular weight excluding hydrogens is 160 g/mol. The minimum absolute atomic E-state index is 0.890. The van der Waals surface area contributed by atoms with Crippen molar-refractivity contribution in [3.63, 3.8) is 0 Å². The van der Waals surface area contributed by atoms with E-state index < -0.39 is 0 Å². The lowest BCUT2D eigenvalue weighted by Gasteiger charge is -2.18. The van der Waals surface area contributed by atoms with E-state index in [1.807, 2.05) is 0 Å². The molecule has 0 spiro atoms. The zero-order valence-corrected chi connectivity index (χ0v) is 8.76. The van der Waals surface area contributed by atoms with Crippen molar-refractivity contribution in [2.45, 2.75) is 50.6 Å². The number of likely N-dealkylation sites (tertiary alicyclic amines) is 1. The van der Waals surface area contributed by atoms with Crippen molar-refractivity contribution >= 4 is 0 Å². The molecule has 1 aliphatic carbocycles. The summed E-state index contributed by atoms with van der Waals surface area (Å²) in [6, 6.07) is 1.78. The van der Waals surface area contributed by atoms with E-state index in [2.05, 4.69) is 17.3 Å². The first kappa shape index (κ1) is 9.47. The molecule has 2 aliphatic rings. The van der Waals surface area contributed by atoms with Crippen LogP contribution in [-0.4, -0.2) is 37.1 Å². The summed E-state index contributed by atoms with van der Waals surface area (Å²) in [7, 11) is 2.27. The van der Waals surface area contributed by atoms with Crippen molar-refractivity contribution in [1.82, 2.24) is 10.2 Å². The Labute approximate surface area is 81.7 Å². The molecule has 1 atom stereocenters. The Morgan fingerprint density at radius 3 is 2.77 bits per heavy atom. The number of nitrogens with zero attached hydrogens (tertiary/aromatic N) is 1. The molecule has 1 saturated carbocycles. The smallest absolute Gasteiger partial charge is 0.00931 e. The summed E-state index contributed by atoms with van der Waals surface area (Å²) in [5, 5.41) is 3.58. The van der Waals surface area contributed by atoms with Gasteiger partial charge in [0.25, 0.3) is 0 Å². The highest BCUT2D eigenvalue weighted by Crippen LogP contribution is 2.20. The Hall–Kier alpha value is -0.0800. The lowest BCUT2D eigenvalue weighted by Crippen LogP contribution is -2.26. The molecule has 0 radical (unpaired) electrons. The van der Waals surface area contributed by atoms with Crippen molar-refractivity contribution in [2.75, 3.05) is 20.1 Å². The monoisotopic (exact) mass is 182 g/mol. The molecule has 1 saturated heterocycles. The standard InChI is InChI=1S/C11H22N2/c1-13-9-3-5-11(13)4-2-8-12-10-6-7-10/h10-12H,2-9H2,1H3/t11-/m0/s1. The van der Waals surface area contributed by atoms with Crippen molar-refractivity contribution in [1.29, 1.82) is 0 Å². The van der Waals surface area contributed by atoms with Gasteiger partial charge in [-0.2, -0.15) is 0 Å². The van der Waals surface area contributed by atoms with Gasteiger partial charge >= 0.3 is 0 Å². The fourth-order valence-corrected chi connectivity index (χ4v) is 2.28. The third kappa shape index (κ3) is 2.96. The predicted octanol–water partition coefficient (Wildman–Crippen LogP) is 1.61. The van der Waals surface area contributed by atoms with E-state index in [0.717, 1.165) is 12.1 Å². The predicted molar refractivity (Wildman–Crippen MR) is 55.9 cm³/mol. The van der Waals surface area contributed by atoms with Gasteiger partial charge in [-0.25, -0.2) is 0 Å².